The Hall–Kier alpha value is -2.13. The quantitative estimate of drug-likeness (QED) is 0.495. The first kappa shape index (κ1) is 14.3. The molecule has 0 radical (unpaired) electrons. The number of oxime groups is 1. The molecule has 2 aromatic rings. The predicted molar refractivity (Wildman–Crippen MR) is 81.7 cm³/mol. The maximum Gasteiger partial charge on any atom is 0.140 e. The molecule has 0 unspecified atom stereocenters. The van der Waals surface area contributed by atoms with Gasteiger partial charge in [0.05, 0.1) is 12.3 Å². The number of benzene rings is 2. The molecule has 0 amide bonds. The van der Waals surface area contributed by atoms with Gasteiger partial charge in [0, 0.05) is 0 Å². The van der Waals surface area contributed by atoms with Gasteiger partial charge in [0.1, 0.15) is 6.61 Å². The van der Waals surface area contributed by atoms with Gasteiger partial charge < -0.3 is 9.94 Å². The maximum atomic E-state index is 8.69. The van der Waals surface area contributed by atoms with Crippen LogP contribution in [0, 0.1) is 0 Å². The van der Waals surface area contributed by atoms with Gasteiger partial charge in [-0.2, -0.15) is 0 Å². The lowest BCUT2D eigenvalue weighted by Crippen LogP contribution is -2.02. The topological polar surface area (TPSA) is 41.8 Å². The molecule has 104 valence electrons. The van der Waals surface area contributed by atoms with Crippen molar-refractivity contribution >= 4 is 5.71 Å². The molecule has 2 rings (SSSR count). The van der Waals surface area contributed by atoms with Gasteiger partial charge in [0.25, 0.3) is 0 Å². The van der Waals surface area contributed by atoms with Crippen molar-refractivity contribution < 1.29 is 9.94 Å². The monoisotopic (exact) mass is 269 g/mol. The van der Waals surface area contributed by atoms with E-state index >= 15 is 0 Å². The van der Waals surface area contributed by atoms with Crippen LogP contribution in [0.2, 0.25) is 0 Å². The van der Waals surface area contributed by atoms with E-state index in [9.17, 15) is 0 Å². The van der Waals surface area contributed by atoms with Crippen LogP contribution in [0.5, 0.6) is 0 Å². The van der Waals surface area contributed by atoms with E-state index in [0.717, 1.165) is 17.7 Å². The van der Waals surface area contributed by atoms with E-state index < -0.39 is 0 Å². The highest BCUT2D eigenvalue weighted by Crippen LogP contribution is 2.19. The summed E-state index contributed by atoms with van der Waals surface area (Å²) in [5.74, 6) is 0. The lowest BCUT2D eigenvalue weighted by atomic mass is 10.0. The summed E-state index contributed by atoms with van der Waals surface area (Å²) in [6, 6.07) is 18.5. The van der Waals surface area contributed by atoms with Crippen molar-refractivity contribution in [1.82, 2.24) is 0 Å². The molecular weight excluding hydrogens is 250 g/mol. The molecule has 3 heteroatoms. The predicted octanol–water partition coefficient (Wildman–Crippen LogP) is 3.48. The number of rotatable bonds is 6. The summed E-state index contributed by atoms with van der Waals surface area (Å²) in [5, 5.41) is 12.8. The number of hydrogen-bond acceptors (Lipinski definition) is 3. The van der Waals surface area contributed by atoms with Gasteiger partial charge in [0.2, 0.25) is 0 Å². The van der Waals surface area contributed by atoms with Gasteiger partial charge >= 0.3 is 0 Å². The molecule has 2 aromatic carbocycles. The van der Waals surface area contributed by atoms with Crippen LogP contribution in [-0.4, -0.2) is 24.0 Å². The molecule has 1 N–H and O–H groups in total. The standard InChI is InChI=1S/C17H19NO2/c1-2-17(18-20-13-12-19)16-10-8-15(9-11-16)14-6-4-3-5-7-14/h3-11,19H,2,12-13H2,1H3/b18-17-. The number of aliphatic hydroxyl groups excluding tert-OH is 1. The average molecular weight is 269 g/mol. The molecule has 0 bridgehead atoms. The van der Waals surface area contributed by atoms with Crippen molar-refractivity contribution in [3.8, 4) is 11.1 Å². The second kappa shape index (κ2) is 7.46. The van der Waals surface area contributed by atoms with E-state index in [0.29, 0.717) is 0 Å². The molecule has 0 aliphatic rings. The van der Waals surface area contributed by atoms with E-state index in [1.54, 1.807) is 0 Å². The Morgan fingerprint density at radius 1 is 1.00 bits per heavy atom. The molecule has 0 aliphatic heterocycles. The Kier molecular flexibility index (Phi) is 5.33. The molecule has 3 nitrogen and oxygen atoms in total. The molecule has 0 aliphatic carbocycles. The molecule has 0 aromatic heterocycles. The van der Waals surface area contributed by atoms with E-state index in [1.807, 2.05) is 37.3 Å². The summed E-state index contributed by atoms with van der Waals surface area (Å²) in [6.07, 6.45) is 0.788. The number of aliphatic hydroxyl groups is 1. The number of nitrogens with zero attached hydrogens (tertiary/aromatic N) is 1. The summed E-state index contributed by atoms with van der Waals surface area (Å²) >= 11 is 0. The Morgan fingerprint density at radius 2 is 1.65 bits per heavy atom. The van der Waals surface area contributed by atoms with Gasteiger partial charge in [-0.1, -0.05) is 66.7 Å². The highest BCUT2D eigenvalue weighted by molar-refractivity contribution is 6.00. The zero-order valence-electron chi connectivity index (χ0n) is 11.6. The highest BCUT2D eigenvalue weighted by Gasteiger charge is 2.03. The van der Waals surface area contributed by atoms with E-state index in [-0.39, 0.29) is 13.2 Å². The van der Waals surface area contributed by atoms with Crippen LogP contribution >= 0.6 is 0 Å². The van der Waals surface area contributed by atoms with Crippen LogP contribution in [-0.2, 0) is 4.84 Å². The minimum Gasteiger partial charge on any atom is -0.393 e. The average Bonchev–Trinajstić information content (AvgIpc) is 2.53. The lowest BCUT2D eigenvalue weighted by molar-refractivity contribution is 0.0984. The SMILES string of the molecule is CC/C(=N/OCCO)c1ccc(-c2ccccc2)cc1. The fourth-order valence-corrected chi connectivity index (χ4v) is 1.97. The zero-order valence-corrected chi connectivity index (χ0v) is 11.6. The molecule has 0 saturated heterocycles. The van der Waals surface area contributed by atoms with E-state index in [4.69, 9.17) is 9.94 Å². The van der Waals surface area contributed by atoms with Crippen LogP contribution in [0.4, 0.5) is 0 Å². The van der Waals surface area contributed by atoms with E-state index in [2.05, 4.69) is 29.4 Å². The number of hydrogen-bond donors (Lipinski definition) is 1. The first-order chi connectivity index (χ1) is 9.85. The minimum atomic E-state index is -0.0204. The van der Waals surface area contributed by atoms with Gasteiger partial charge in [-0.15, -0.1) is 0 Å². The first-order valence-electron chi connectivity index (χ1n) is 6.80. The van der Waals surface area contributed by atoms with Crippen LogP contribution in [0.25, 0.3) is 11.1 Å². The molecule has 20 heavy (non-hydrogen) atoms. The summed E-state index contributed by atoms with van der Waals surface area (Å²) in [5.41, 5.74) is 4.31. The summed E-state index contributed by atoms with van der Waals surface area (Å²) in [6.45, 7) is 2.24. The molecule has 0 spiro atoms. The van der Waals surface area contributed by atoms with Gasteiger partial charge in [-0.3, -0.25) is 0 Å². The van der Waals surface area contributed by atoms with Crippen molar-refractivity contribution in [2.24, 2.45) is 5.16 Å². The fourth-order valence-electron chi connectivity index (χ4n) is 1.97. The van der Waals surface area contributed by atoms with Crippen molar-refractivity contribution in [2.45, 2.75) is 13.3 Å². The maximum absolute atomic E-state index is 8.69. The Labute approximate surface area is 119 Å². The van der Waals surface area contributed by atoms with Gasteiger partial charge in [-0.05, 0) is 23.1 Å². The van der Waals surface area contributed by atoms with Gasteiger partial charge in [-0.25, -0.2) is 0 Å². The second-order valence-corrected chi connectivity index (χ2v) is 4.39. The Bertz CT molecular complexity index is 547. The zero-order chi connectivity index (χ0) is 14.2. The fraction of sp³-hybridized carbons (Fsp3) is 0.235. The molecular formula is C17H19NO2. The summed E-state index contributed by atoms with van der Waals surface area (Å²) in [7, 11) is 0. The molecule has 0 atom stereocenters. The van der Waals surface area contributed by atoms with Crippen molar-refractivity contribution in [1.29, 1.82) is 0 Å². The third kappa shape index (κ3) is 3.68. The molecule has 0 heterocycles. The van der Waals surface area contributed by atoms with Crippen molar-refractivity contribution in [3.63, 3.8) is 0 Å². The summed E-state index contributed by atoms with van der Waals surface area (Å²) in [4.78, 5) is 5.04. The lowest BCUT2D eigenvalue weighted by Gasteiger charge is -2.06. The Balaban J connectivity index is 2.16. The normalized spacial score (nSPS) is 11.4. The first-order valence-corrected chi connectivity index (χ1v) is 6.80. The van der Waals surface area contributed by atoms with Crippen LogP contribution in [0.1, 0.15) is 18.9 Å². The minimum absolute atomic E-state index is 0.0204. The Morgan fingerprint density at radius 3 is 2.25 bits per heavy atom. The smallest absolute Gasteiger partial charge is 0.140 e. The molecule has 0 fully saturated rings. The highest BCUT2D eigenvalue weighted by atomic mass is 16.6. The van der Waals surface area contributed by atoms with Gasteiger partial charge in [0.15, 0.2) is 0 Å². The van der Waals surface area contributed by atoms with E-state index in [1.165, 1.54) is 11.1 Å². The van der Waals surface area contributed by atoms with Crippen LogP contribution in [0.15, 0.2) is 59.8 Å². The second-order valence-electron chi connectivity index (χ2n) is 4.39. The van der Waals surface area contributed by atoms with Crippen LogP contribution in [0.3, 0.4) is 0 Å². The third-order valence-corrected chi connectivity index (χ3v) is 3.02. The molecule has 0 saturated carbocycles. The largest absolute Gasteiger partial charge is 0.393 e. The summed E-state index contributed by atoms with van der Waals surface area (Å²) < 4.78 is 0. The third-order valence-electron chi connectivity index (χ3n) is 3.02. The van der Waals surface area contributed by atoms with Crippen molar-refractivity contribution in [3.05, 3.63) is 60.2 Å². The van der Waals surface area contributed by atoms with Crippen LogP contribution < -0.4 is 0 Å². The van der Waals surface area contributed by atoms with Crippen molar-refractivity contribution in [2.75, 3.05) is 13.2 Å².